The zero-order chi connectivity index (χ0) is 7.98. The first-order valence-corrected chi connectivity index (χ1v) is 2.41. The van der Waals surface area contributed by atoms with Crippen LogP contribution in [0, 0.1) is 0 Å². The summed E-state index contributed by atoms with van der Waals surface area (Å²) in [5.41, 5.74) is 0. The Kier molecular flexibility index (Phi) is 3.63. The predicted octanol–water partition coefficient (Wildman–Crippen LogP) is -1.07. The van der Waals surface area contributed by atoms with Crippen LogP contribution in [0.4, 0.5) is 0 Å². The molecule has 0 aromatic heterocycles. The summed E-state index contributed by atoms with van der Waals surface area (Å²) in [6.07, 6.45) is 3.72. The lowest BCUT2D eigenvalue weighted by molar-refractivity contribution is -0.297. The monoisotopic (exact) mass is 141 g/mol. The smallest absolute Gasteiger partial charge is 0.328 e. The molecule has 54 valence electrons. The van der Waals surface area contributed by atoms with E-state index in [1.165, 1.54) is 0 Å². The first-order chi connectivity index (χ1) is 4.63. The van der Waals surface area contributed by atoms with Crippen LogP contribution in [0.5, 0.6) is 0 Å². The SMILES string of the molecule is O=C([O-])/C=C/C=C/C(=O)O. The van der Waals surface area contributed by atoms with Gasteiger partial charge in [-0.15, -0.1) is 0 Å². The Morgan fingerprint density at radius 3 is 2.10 bits per heavy atom. The van der Waals surface area contributed by atoms with Crippen LogP contribution >= 0.6 is 0 Å². The summed E-state index contributed by atoms with van der Waals surface area (Å²) in [6.45, 7) is 0. The quantitative estimate of drug-likeness (QED) is 0.401. The largest absolute Gasteiger partial charge is 0.545 e. The molecule has 0 unspecified atom stereocenters. The van der Waals surface area contributed by atoms with Gasteiger partial charge in [-0.25, -0.2) is 4.79 Å². The molecule has 0 aliphatic carbocycles. The Bertz CT molecular complexity index is 168. The summed E-state index contributed by atoms with van der Waals surface area (Å²) >= 11 is 0. The fraction of sp³-hybridized carbons (Fsp3) is 0. The Labute approximate surface area is 57.1 Å². The molecule has 0 heterocycles. The topological polar surface area (TPSA) is 77.4 Å². The van der Waals surface area contributed by atoms with E-state index in [4.69, 9.17) is 5.11 Å². The van der Waals surface area contributed by atoms with Crippen molar-refractivity contribution >= 4 is 11.9 Å². The molecule has 0 aliphatic heterocycles. The van der Waals surface area contributed by atoms with Crippen LogP contribution < -0.4 is 5.11 Å². The van der Waals surface area contributed by atoms with Gasteiger partial charge >= 0.3 is 5.97 Å². The average molecular weight is 141 g/mol. The minimum atomic E-state index is -1.35. The standard InChI is InChI=1S/C6H6O4/c7-5(8)3-1-2-4-6(9)10/h1-4H,(H,7,8)(H,9,10)/p-1/b3-1+,4-2+. The third-order valence-electron chi connectivity index (χ3n) is 0.582. The molecule has 0 spiro atoms. The number of allylic oxidation sites excluding steroid dienone is 2. The number of carbonyl (C=O) groups excluding carboxylic acids is 1. The highest BCUT2D eigenvalue weighted by Gasteiger charge is 1.79. The van der Waals surface area contributed by atoms with Gasteiger partial charge in [0, 0.05) is 6.08 Å². The zero-order valence-electron chi connectivity index (χ0n) is 4.98. The molecule has 0 radical (unpaired) electrons. The van der Waals surface area contributed by atoms with E-state index in [1.807, 2.05) is 0 Å². The number of aliphatic carboxylic acids is 2. The van der Waals surface area contributed by atoms with Gasteiger partial charge in [-0.3, -0.25) is 0 Å². The van der Waals surface area contributed by atoms with Crippen LogP contribution in [-0.2, 0) is 9.59 Å². The maximum Gasteiger partial charge on any atom is 0.328 e. The summed E-state index contributed by atoms with van der Waals surface area (Å²) in [5.74, 6) is -2.47. The van der Waals surface area contributed by atoms with Gasteiger partial charge in [0.1, 0.15) is 0 Å². The molecule has 0 saturated carbocycles. The number of carboxylic acid groups (broad SMARTS) is 2. The minimum absolute atomic E-state index is 0.736. The molecule has 10 heavy (non-hydrogen) atoms. The van der Waals surface area contributed by atoms with E-state index < -0.39 is 11.9 Å². The second kappa shape index (κ2) is 4.31. The van der Waals surface area contributed by atoms with Crippen molar-refractivity contribution < 1.29 is 19.8 Å². The van der Waals surface area contributed by atoms with Crippen LogP contribution in [0.25, 0.3) is 0 Å². The Morgan fingerprint density at radius 2 is 1.70 bits per heavy atom. The highest BCUT2D eigenvalue weighted by Crippen LogP contribution is 1.75. The molecule has 4 nitrogen and oxygen atoms in total. The van der Waals surface area contributed by atoms with Crippen LogP contribution in [-0.4, -0.2) is 17.0 Å². The summed E-state index contributed by atoms with van der Waals surface area (Å²) in [6, 6.07) is 0. The molecule has 0 rings (SSSR count). The Hall–Kier alpha value is -1.58. The number of rotatable bonds is 3. The molecule has 0 aromatic carbocycles. The average Bonchev–Trinajstić information content (AvgIpc) is 1.79. The van der Waals surface area contributed by atoms with Gasteiger partial charge in [0.25, 0.3) is 0 Å². The zero-order valence-corrected chi connectivity index (χ0v) is 4.98. The van der Waals surface area contributed by atoms with Gasteiger partial charge in [-0.05, 0) is 6.08 Å². The van der Waals surface area contributed by atoms with Crippen molar-refractivity contribution in [3.63, 3.8) is 0 Å². The first-order valence-electron chi connectivity index (χ1n) is 2.41. The van der Waals surface area contributed by atoms with Crippen LogP contribution in [0.3, 0.4) is 0 Å². The highest BCUT2D eigenvalue weighted by atomic mass is 16.4. The molecule has 0 amide bonds. The second-order valence-electron chi connectivity index (χ2n) is 1.38. The van der Waals surface area contributed by atoms with Crippen molar-refractivity contribution in [3.8, 4) is 0 Å². The van der Waals surface area contributed by atoms with Crippen molar-refractivity contribution in [1.82, 2.24) is 0 Å². The number of carboxylic acids is 2. The second-order valence-corrected chi connectivity index (χ2v) is 1.38. The fourth-order valence-electron chi connectivity index (χ4n) is 0.272. The lowest BCUT2D eigenvalue weighted by Crippen LogP contribution is -2.18. The van der Waals surface area contributed by atoms with Crippen molar-refractivity contribution in [2.24, 2.45) is 0 Å². The molecule has 1 N–H and O–H groups in total. The third-order valence-corrected chi connectivity index (χ3v) is 0.582. The third kappa shape index (κ3) is 6.42. The van der Waals surface area contributed by atoms with Gasteiger partial charge in [-0.2, -0.15) is 0 Å². The van der Waals surface area contributed by atoms with Gasteiger partial charge in [0.05, 0.1) is 5.97 Å². The normalized spacial score (nSPS) is 10.8. The van der Waals surface area contributed by atoms with E-state index in [0.717, 1.165) is 24.3 Å². The molecule has 0 bridgehead atoms. The molecular formula is C6H5O4-. The van der Waals surface area contributed by atoms with Gasteiger partial charge in [0.15, 0.2) is 0 Å². The van der Waals surface area contributed by atoms with Crippen molar-refractivity contribution in [2.45, 2.75) is 0 Å². The highest BCUT2D eigenvalue weighted by molar-refractivity contribution is 5.81. The van der Waals surface area contributed by atoms with E-state index in [1.54, 1.807) is 0 Å². The van der Waals surface area contributed by atoms with Crippen LogP contribution in [0.15, 0.2) is 24.3 Å². The van der Waals surface area contributed by atoms with Gasteiger partial charge in [-0.1, -0.05) is 12.2 Å². The molecule has 0 aliphatic rings. The van der Waals surface area contributed by atoms with Gasteiger partial charge in [0.2, 0.25) is 0 Å². The number of carbonyl (C=O) groups is 2. The molecule has 0 atom stereocenters. The lowest BCUT2D eigenvalue weighted by Gasteiger charge is -1.85. The molecule has 0 fully saturated rings. The maximum atomic E-state index is 9.76. The van der Waals surface area contributed by atoms with Crippen molar-refractivity contribution in [1.29, 1.82) is 0 Å². The minimum Gasteiger partial charge on any atom is -0.545 e. The molecular weight excluding hydrogens is 136 g/mol. The van der Waals surface area contributed by atoms with Crippen LogP contribution in [0.1, 0.15) is 0 Å². The molecule has 4 heteroatoms. The van der Waals surface area contributed by atoms with Crippen LogP contribution in [0.2, 0.25) is 0 Å². The Morgan fingerprint density at radius 1 is 1.20 bits per heavy atom. The predicted molar refractivity (Wildman–Crippen MR) is 30.9 cm³/mol. The summed E-state index contributed by atoms with van der Waals surface area (Å²) in [4.78, 5) is 19.4. The lowest BCUT2D eigenvalue weighted by atomic mass is 10.4. The number of hydrogen-bond acceptors (Lipinski definition) is 3. The number of hydrogen-bond donors (Lipinski definition) is 1. The first kappa shape index (κ1) is 8.42. The summed E-state index contributed by atoms with van der Waals surface area (Å²) in [7, 11) is 0. The summed E-state index contributed by atoms with van der Waals surface area (Å²) < 4.78 is 0. The van der Waals surface area contributed by atoms with E-state index >= 15 is 0 Å². The Balaban J connectivity index is 3.73. The van der Waals surface area contributed by atoms with Gasteiger partial charge < -0.3 is 15.0 Å². The summed E-state index contributed by atoms with van der Waals surface area (Å²) in [5, 5.41) is 17.7. The maximum absolute atomic E-state index is 9.76. The van der Waals surface area contributed by atoms with E-state index in [0.29, 0.717) is 0 Å². The van der Waals surface area contributed by atoms with E-state index in [-0.39, 0.29) is 0 Å². The van der Waals surface area contributed by atoms with E-state index in [9.17, 15) is 14.7 Å². The molecule has 0 saturated heterocycles. The van der Waals surface area contributed by atoms with Crippen molar-refractivity contribution in [3.05, 3.63) is 24.3 Å². The van der Waals surface area contributed by atoms with Crippen molar-refractivity contribution in [2.75, 3.05) is 0 Å². The van der Waals surface area contributed by atoms with E-state index in [2.05, 4.69) is 0 Å². The fourth-order valence-corrected chi connectivity index (χ4v) is 0.272. The molecule has 0 aromatic rings.